The number of nitrogens with two attached hydrogens (primary N) is 1. The second-order valence-electron chi connectivity index (χ2n) is 6.07. The van der Waals surface area contributed by atoms with Gasteiger partial charge in [-0.1, -0.05) is 13.8 Å². The minimum atomic E-state index is -1.27. The van der Waals surface area contributed by atoms with Crippen LogP contribution in [0.1, 0.15) is 25.8 Å². The molecule has 1 fully saturated rings. The van der Waals surface area contributed by atoms with Crippen LogP contribution < -0.4 is 5.73 Å². The average molecular weight is 405 g/mol. The molecule has 27 heavy (non-hydrogen) atoms. The summed E-state index contributed by atoms with van der Waals surface area (Å²) in [6.07, 6.45) is -0.224. The molecule has 0 aromatic heterocycles. The summed E-state index contributed by atoms with van der Waals surface area (Å²) in [4.78, 5) is 27.4. The molecule has 2 rings (SSSR count). The maximum Gasteiger partial charge on any atom is 0.255 e. The van der Waals surface area contributed by atoms with Crippen LogP contribution in [0, 0.1) is 17.5 Å². The molecule has 1 aliphatic rings. The molecule has 1 aliphatic heterocycles. The molecule has 0 saturated carbocycles. The first kappa shape index (κ1) is 23.3. The van der Waals surface area contributed by atoms with E-state index in [1.165, 1.54) is 21.6 Å². The number of carbonyl (C=O) groups is 2. The van der Waals surface area contributed by atoms with Gasteiger partial charge in [-0.15, -0.1) is 11.8 Å². The van der Waals surface area contributed by atoms with Crippen LogP contribution in [0.25, 0.3) is 0 Å². The first-order chi connectivity index (χ1) is 12.7. The lowest BCUT2D eigenvalue weighted by Crippen LogP contribution is -2.46. The summed E-state index contributed by atoms with van der Waals surface area (Å²) >= 11 is 1.37. The largest absolute Gasteiger partial charge is 0.346 e. The van der Waals surface area contributed by atoms with Gasteiger partial charge in [0.15, 0.2) is 17.0 Å². The summed E-state index contributed by atoms with van der Waals surface area (Å²) in [7, 11) is 3.23. The number of hydrogen-bond acceptors (Lipinski definition) is 4. The lowest BCUT2D eigenvalue weighted by molar-refractivity contribution is -0.140. The van der Waals surface area contributed by atoms with Gasteiger partial charge in [-0.2, -0.15) is 0 Å². The van der Waals surface area contributed by atoms with Crippen molar-refractivity contribution in [2.24, 2.45) is 5.73 Å². The van der Waals surface area contributed by atoms with E-state index in [4.69, 9.17) is 5.73 Å². The van der Waals surface area contributed by atoms with Crippen LogP contribution >= 0.6 is 11.8 Å². The van der Waals surface area contributed by atoms with Crippen LogP contribution in [0.15, 0.2) is 12.1 Å². The Bertz CT molecular complexity index is 673. The van der Waals surface area contributed by atoms with Crippen molar-refractivity contribution in [2.45, 2.75) is 38.1 Å². The molecule has 0 spiro atoms. The van der Waals surface area contributed by atoms with Gasteiger partial charge >= 0.3 is 0 Å². The highest BCUT2D eigenvalue weighted by Gasteiger charge is 2.36. The van der Waals surface area contributed by atoms with E-state index in [1.807, 2.05) is 13.8 Å². The summed E-state index contributed by atoms with van der Waals surface area (Å²) in [5, 5.41) is -0.588. The molecule has 1 heterocycles. The van der Waals surface area contributed by atoms with Crippen LogP contribution in [0.2, 0.25) is 0 Å². The smallest absolute Gasteiger partial charge is 0.255 e. The maximum atomic E-state index is 13.7. The fourth-order valence-electron chi connectivity index (χ4n) is 2.57. The van der Waals surface area contributed by atoms with Crippen LogP contribution in [0.3, 0.4) is 0 Å². The zero-order chi connectivity index (χ0) is 20.7. The number of amides is 2. The second-order valence-corrected chi connectivity index (χ2v) is 7.26. The summed E-state index contributed by atoms with van der Waals surface area (Å²) < 4.78 is 39.9. The molecule has 5 nitrogen and oxygen atoms in total. The maximum absolute atomic E-state index is 13.7. The van der Waals surface area contributed by atoms with E-state index >= 15 is 0 Å². The molecule has 0 bridgehead atoms. The summed E-state index contributed by atoms with van der Waals surface area (Å²) in [5.41, 5.74) is 5.79. The fraction of sp³-hybridized carbons (Fsp3) is 0.556. The number of halogens is 3. The Morgan fingerprint density at radius 3 is 2.41 bits per heavy atom. The lowest BCUT2D eigenvalue weighted by atomic mass is 10.0. The van der Waals surface area contributed by atoms with Crippen LogP contribution in [0.5, 0.6) is 0 Å². The van der Waals surface area contributed by atoms with Crippen molar-refractivity contribution >= 4 is 23.6 Å². The van der Waals surface area contributed by atoms with E-state index in [0.717, 1.165) is 6.07 Å². The van der Waals surface area contributed by atoms with Crippen molar-refractivity contribution in [2.75, 3.05) is 26.4 Å². The molecule has 2 atom stereocenters. The summed E-state index contributed by atoms with van der Waals surface area (Å²) in [6, 6.07) is 0.439. The molecule has 1 aromatic rings. The van der Waals surface area contributed by atoms with Gasteiger partial charge < -0.3 is 15.5 Å². The Kier molecular flexibility index (Phi) is 9.11. The number of carbonyl (C=O) groups excluding carboxylic acids is 2. The predicted octanol–water partition coefficient (Wildman–Crippen LogP) is 2.38. The Hall–Kier alpha value is -1.74. The Balaban J connectivity index is 0.00000176. The normalized spacial score (nSPS) is 17.2. The third-order valence-electron chi connectivity index (χ3n) is 3.87. The molecule has 2 N–H and O–H groups in total. The van der Waals surface area contributed by atoms with E-state index in [9.17, 15) is 22.8 Å². The second kappa shape index (κ2) is 10.6. The van der Waals surface area contributed by atoms with Gasteiger partial charge in [0.1, 0.15) is 5.82 Å². The van der Waals surface area contributed by atoms with Crippen molar-refractivity contribution in [3.8, 4) is 0 Å². The SMILES string of the molecule is CC.CN(C)C(=O)C1SCCN1C(=O)CC(N)Cc1cc(F)c(F)cc1F. The minimum absolute atomic E-state index is 0.0871. The van der Waals surface area contributed by atoms with Gasteiger partial charge in [-0.3, -0.25) is 9.59 Å². The number of thioether (sulfide) groups is 1. The van der Waals surface area contributed by atoms with Gasteiger partial charge in [-0.25, -0.2) is 13.2 Å². The Labute approximate surface area is 162 Å². The van der Waals surface area contributed by atoms with Crippen LogP contribution in [-0.4, -0.2) is 59.4 Å². The molecule has 0 aliphatic carbocycles. The van der Waals surface area contributed by atoms with E-state index in [-0.39, 0.29) is 30.2 Å². The number of rotatable bonds is 5. The first-order valence-electron chi connectivity index (χ1n) is 8.72. The monoisotopic (exact) mass is 405 g/mol. The number of benzene rings is 1. The van der Waals surface area contributed by atoms with Crippen LogP contribution in [0.4, 0.5) is 13.2 Å². The number of likely N-dealkylation sites (N-methyl/N-ethyl adjacent to an activating group) is 1. The first-order valence-corrected chi connectivity index (χ1v) is 9.76. The highest BCUT2D eigenvalue weighted by Crippen LogP contribution is 2.26. The van der Waals surface area contributed by atoms with Crippen molar-refractivity contribution in [3.63, 3.8) is 0 Å². The standard InChI is InChI=1S/C16H20F3N3O2S.C2H6/c1-21(2)15(24)16-22(3-4-25-16)14(23)7-10(20)5-9-6-12(18)13(19)8-11(9)17;1-2/h6,8,10,16H,3-5,7,20H2,1-2H3;1-2H3. The molecular formula is C18H26F3N3O2S. The van der Waals surface area contributed by atoms with Gasteiger partial charge in [0, 0.05) is 44.9 Å². The van der Waals surface area contributed by atoms with E-state index in [1.54, 1.807) is 14.1 Å². The molecule has 152 valence electrons. The van der Waals surface area contributed by atoms with Gasteiger partial charge in [0.2, 0.25) is 5.91 Å². The molecule has 2 amide bonds. The third kappa shape index (κ3) is 6.14. The zero-order valence-electron chi connectivity index (χ0n) is 16.0. The quantitative estimate of drug-likeness (QED) is 0.764. The highest BCUT2D eigenvalue weighted by atomic mass is 32.2. The van der Waals surface area contributed by atoms with Crippen molar-refractivity contribution < 1.29 is 22.8 Å². The molecule has 1 aromatic carbocycles. The van der Waals surface area contributed by atoms with Gasteiger partial charge in [0.05, 0.1) is 0 Å². The third-order valence-corrected chi connectivity index (χ3v) is 5.06. The van der Waals surface area contributed by atoms with E-state index < -0.39 is 28.9 Å². The topological polar surface area (TPSA) is 66.6 Å². The predicted molar refractivity (Wildman–Crippen MR) is 101 cm³/mol. The Morgan fingerprint density at radius 2 is 1.81 bits per heavy atom. The number of nitrogens with zero attached hydrogens (tertiary/aromatic N) is 2. The summed E-state index contributed by atoms with van der Waals surface area (Å²) in [5.74, 6) is -3.20. The molecule has 2 unspecified atom stereocenters. The molecule has 1 saturated heterocycles. The summed E-state index contributed by atoms with van der Waals surface area (Å²) in [6.45, 7) is 4.43. The fourth-order valence-corrected chi connectivity index (χ4v) is 3.85. The van der Waals surface area contributed by atoms with Crippen LogP contribution in [-0.2, 0) is 16.0 Å². The zero-order valence-corrected chi connectivity index (χ0v) is 16.8. The average Bonchev–Trinajstić information content (AvgIpc) is 3.10. The van der Waals surface area contributed by atoms with E-state index in [0.29, 0.717) is 18.4 Å². The minimum Gasteiger partial charge on any atom is -0.346 e. The molecule has 0 radical (unpaired) electrons. The van der Waals surface area contributed by atoms with Crippen molar-refractivity contribution in [3.05, 3.63) is 35.1 Å². The Morgan fingerprint density at radius 1 is 1.22 bits per heavy atom. The van der Waals surface area contributed by atoms with Gasteiger partial charge in [0.25, 0.3) is 5.91 Å². The van der Waals surface area contributed by atoms with Crippen molar-refractivity contribution in [1.82, 2.24) is 9.80 Å². The van der Waals surface area contributed by atoms with Gasteiger partial charge in [-0.05, 0) is 18.1 Å². The van der Waals surface area contributed by atoms with E-state index in [2.05, 4.69) is 0 Å². The lowest BCUT2D eigenvalue weighted by Gasteiger charge is -2.26. The number of hydrogen-bond donors (Lipinski definition) is 1. The molecular weight excluding hydrogens is 379 g/mol. The molecule has 9 heteroatoms. The van der Waals surface area contributed by atoms with Crippen molar-refractivity contribution in [1.29, 1.82) is 0 Å². The highest BCUT2D eigenvalue weighted by molar-refractivity contribution is 8.00.